The Hall–Kier alpha value is -1.05. The van der Waals surface area contributed by atoms with Gasteiger partial charge in [-0.2, -0.15) is 0 Å². The topological polar surface area (TPSA) is 26.0 Å². The van der Waals surface area contributed by atoms with E-state index in [2.05, 4.69) is 24.9 Å². The Kier molecular flexibility index (Phi) is 3.93. The summed E-state index contributed by atoms with van der Waals surface area (Å²) in [6.07, 6.45) is 6.40. The number of rotatable bonds is 4. The normalized spacial score (nSPS) is 11.8. The molecule has 0 aliphatic carbocycles. The fourth-order valence-corrected chi connectivity index (χ4v) is 1.18. The van der Waals surface area contributed by atoms with E-state index in [0.29, 0.717) is 0 Å². The zero-order valence-corrected chi connectivity index (χ0v) is 9.50. The van der Waals surface area contributed by atoms with Crippen LogP contribution >= 0.6 is 0 Å². The third-order valence-electron chi connectivity index (χ3n) is 2.22. The molecular formula is C12H19NO. The maximum atomic E-state index is 5.42. The number of nitrogens with zero attached hydrogens (tertiary/aromatic N) is 1. The lowest BCUT2D eigenvalue weighted by molar-refractivity contribution is 0.515. The van der Waals surface area contributed by atoms with Gasteiger partial charge < -0.3 is 4.42 Å². The molecule has 2 heteroatoms. The number of allylic oxidation sites excluding steroid dienone is 1. The van der Waals surface area contributed by atoms with Gasteiger partial charge in [0.1, 0.15) is 5.76 Å². The summed E-state index contributed by atoms with van der Waals surface area (Å²) < 4.78 is 5.42. The van der Waals surface area contributed by atoms with E-state index in [4.69, 9.17) is 4.42 Å². The van der Waals surface area contributed by atoms with E-state index in [1.165, 1.54) is 6.42 Å². The first-order valence-corrected chi connectivity index (χ1v) is 5.20. The quantitative estimate of drug-likeness (QED) is 0.728. The van der Waals surface area contributed by atoms with Gasteiger partial charge in [-0.15, -0.1) is 0 Å². The summed E-state index contributed by atoms with van der Waals surface area (Å²) >= 11 is 0. The van der Waals surface area contributed by atoms with Crippen LogP contribution in [0, 0.1) is 19.8 Å². The molecule has 1 heterocycles. The molecule has 78 valence electrons. The molecule has 0 atom stereocenters. The van der Waals surface area contributed by atoms with Crippen LogP contribution in [0.25, 0.3) is 6.08 Å². The van der Waals surface area contributed by atoms with Crippen LogP contribution in [-0.2, 0) is 0 Å². The van der Waals surface area contributed by atoms with Crippen LogP contribution in [-0.4, -0.2) is 4.98 Å². The van der Waals surface area contributed by atoms with E-state index in [0.717, 1.165) is 29.7 Å². The molecule has 0 spiro atoms. The molecule has 1 aromatic heterocycles. The fourth-order valence-electron chi connectivity index (χ4n) is 1.18. The van der Waals surface area contributed by atoms with Crippen molar-refractivity contribution in [3.63, 3.8) is 0 Å². The molecule has 0 fully saturated rings. The lowest BCUT2D eigenvalue weighted by atomic mass is 10.1. The fraction of sp³-hybridized carbons (Fsp3) is 0.583. The predicted octanol–water partition coefficient (Wildman–Crippen LogP) is 3.74. The van der Waals surface area contributed by atoms with Crippen molar-refractivity contribution in [3.05, 3.63) is 23.4 Å². The molecule has 0 bridgehead atoms. The Morgan fingerprint density at radius 1 is 1.36 bits per heavy atom. The van der Waals surface area contributed by atoms with E-state index in [-0.39, 0.29) is 0 Å². The predicted molar refractivity (Wildman–Crippen MR) is 59.1 cm³/mol. The van der Waals surface area contributed by atoms with Crippen LogP contribution in [0.3, 0.4) is 0 Å². The molecule has 1 aromatic rings. The van der Waals surface area contributed by atoms with Crippen molar-refractivity contribution in [2.75, 3.05) is 0 Å². The van der Waals surface area contributed by atoms with Crippen LogP contribution in [0.2, 0.25) is 0 Å². The second-order valence-electron chi connectivity index (χ2n) is 4.07. The molecule has 0 aromatic carbocycles. The van der Waals surface area contributed by atoms with Gasteiger partial charge in [-0.05, 0) is 38.7 Å². The Morgan fingerprint density at radius 2 is 2.07 bits per heavy atom. The van der Waals surface area contributed by atoms with Gasteiger partial charge in [-0.1, -0.05) is 19.9 Å². The molecular weight excluding hydrogens is 174 g/mol. The molecule has 0 aliphatic heterocycles. The number of oxazole rings is 1. The summed E-state index contributed by atoms with van der Waals surface area (Å²) in [6.45, 7) is 8.36. The van der Waals surface area contributed by atoms with Crippen LogP contribution in [0.5, 0.6) is 0 Å². The highest BCUT2D eigenvalue weighted by atomic mass is 16.4. The van der Waals surface area contributed by atoms with Gasteiger partial charge in [0.25, 0.3) is 0 Å². The molecule has 1 rings (SSSR count). The van der Waals surface area contributed by atoms with Crippen molar-refractivity contribution in [2.24, 2.45) is 5.92 Å². The summed E-state index contributed by atoms with van der Waals surface area (Å²) in [5.74, 6) is 2.39. The lowest BCUT2D eigenvalue weighted by Gasteiger charge is -1.97. The smallest absolute Gasteiger partial charge is 0.218 e. The average molecular weight is 193 g/mol. The van der Waals surface area contributed by atoms with Crippen molar-refractivity contribution >= 4 is 6.08 Å². The second kappa shape index (κ2) is 4.99. The summed E-state index contributed by atoms with van der Waals surface area (Å²) in [5.41, 5.74) is 0.980. The third-order valence-corrected chi connectivity index (χ3v) is 2.22. The Labute approximate surface area is 86.0 Å². The van der Waals surface area contributed by atoms with Gasteiger partial charge >= 0.3 is 0 Å². The maximum absolute atomic E-state index is 5.42. The standard InChI is InChI=1S/C12H19NO/c1-9(2)7-5-6-8-12-13-10(3)11(4)14-12/h6,8-9H,5,7H2,1-4H3. The zero-order chi connectivity index (χ0) is 10.6. The van der Waals surface area contributed by atoms with Crippen molar-refractivity contribution < 1.29 is 4.42 Å². The van der Waals surface area contributed by atoms with Gasteiger partial charge in [0.05, 0.1) is 5.69 Å². The summed E-state index contributed by atoms with van der Waals surface area (Å²) in [4.78, 5) is 4.27. The summed E-state index contributed by atoms with van der Waals surface area (Å²) in [6, 6.07) is 0. The van der Waals surface area contributed by atoms with Crippen LogP contribution in [0.4, 0.5) is 0 Å². The molecule has 0 N–H and O–H groups in total. The van der Waals surface area contributed by atoms with Crippen LogP contribution in [0.15, 0.2) is 10.5 Å². The molecule has 0 amide bonds. The van der Waals surface area contributed by atoms with Crippen molar-refractivity contribution in [3.8, 4) is 0 Å². The average Bonchev–Trinajstić information content (AvgIpc) is 2.40. The first-order chi connectivity index (χ1) is 6.59. The number of hydrogen-bond acceptors (Lipinski definition) is 2. The third kappa shape index (κ3) is 3.36. The van der Waals surface area contributed by atoms with E-state index in [9.17, 15) is 0 Å². The van der Waals surface area contributed by atoms with E-state index in [1.807, 2.05) is 19.9 Å². The van der Waals surface area contributed by atoms with E-state index >= 15 is 0 Å². The van der Waals surface area contributed by atoms with Gasteiger partial charge in [0, 0.05) is 0 Å². The molecule has 0 radical (unpaired) electrons. The highest BCUT2D eigenvalue weighted by Gasteiger charge is 2.00. The minimum absolute atomic E-state index is 0.726. The highest BCUT2D eigenvalue weighted by molar-refractivity contribution is 5.38. The van der Waals surface area contributed by atoms with Gasteiger partial charge in [-0.3, -0.25) is 0 Å². The minimum atomic E-state index is 0.726. The molecule has 0 saturated carbocycles. The molecule has 2 nitrogen and oxygen atoms in total. The Morgan fingerprint density at radius 3 is 2.57 bits per heavy atom. The number of aryl methyl sites for hydroxylation is 2. The zero-order valence-electron chi connectivity index (χ0n) is 9.50. The molecule has 0 saturated heterocycles. The Balaban J connectivity index is 2.44. The maximum Gasteiger partial charge on any atom is 0.218 e. The summed E-state index contributed by atoms with van der Waals surface area (Å²) in [7, 11) is 0. The highest BCUT2D eigenvalue weighted by Crippen LogP contribution is 2.11. The minimum Gasteiger partial charge on any atom is -0.442 e. The molecule has 14 heavy (non-hydrogen) atoms. The van der Waals surface area contributed by atoms with Gasteiger partial charge in [0.2, 0.25) is 5.89 Å². The second-order valence-corrected chi connectivity index (χ2v) is 4.07. The monoisotopic (exact) mass is 193 g/mol. The van der Waals surface area contributed by atoms with E-state index < -0.39 is 0 Å². The number of aromatic nitrogens is 1. The van der Waals surface area contributed by atoms with Crippen molar-refractivity contribution in [1.82, 2.24) is 4.98 Å². The lowest BCUT2D eigenvalue weighted by Crippen LogP contribution is -1.83. The first-order valence-electron chi connectivity index (χ1n) is 5.20. The SMILES string of the molecule is Cc1nc(C=CCCC(C)C)oc1C. The largest absolute Gasteiger partial charge is 0.442 e. The molecule has 0 unspecified atom stereocenters. The summed E-state index contributed by atoms with van der Waals surface area (Å²) in [5, 5.41) is 0. The van der Waals surface area contributed by atoms with Crippen LogP contribution < -0.4 is 0 Å². The number of hydrogen-bond donors (Lipinski definition) is 0. The van der Waals surface area contributed by atoms with Gasteiger partial charge in [0.15, 0.2) is 0 Å². The van der Waals surface area contributed by atoms with E-state index in [1.54, 1.807) is 0 Å². The Bertz CT molecular complexity index is 291. The van der Waals surface area contributed by atoms with Gasteiger partial charge in [-0.25, -0.2) is 4.98 Å². The first kappa shape index (κ1) is 11.0. The van der Waals surface area contributed by atoms with Crippen molar-refractivity contribution in [1.29, 1.82) is 0 Å². The van der Waals surface area contributed by atoms with Crippen molar-refractivity contribution in [2.45, 2.75) is 40.5 Å². The van der Waals surface area contributed by atoms with Crippen LogP contribution in [0.1, 0.15) is 44.0 Å². The molecule has 0 aliphatic rings.